The Kier molecular flexibility index (Phi) is 8.76. The van der Waals surface area contributed by atoms with Gasteiger partial charge in [-0.1, -0.05) is 11.6 Å². The third-order valence-electron chi connectivity index (χ3n) is 6.01. The summed E-state index contributed by atoms with van der Waals surface area (Å²) in [6.07, 6.45) is 1.70. The van der Waals surface area contributed by atoms with Crippen molar-refractivity contribution in [3.8, 4) is 28.7 Å². The van der Waals surface area contributed by atoms with Gasteiger partial charge in [-0.2, -0.15) is 0 Å². The van der Waals surface area contributed by atoms with Gasteiger partial charge in [-0.15, -0.1) is 0 Å². The van der Waals surface area contributed by atoms with Crippen molar-refractivity contribution in [2.45, 2.75) is 20.3 Å². The van der Waals surface area contributed by atoms with Crippen LogP contribution >= 0.6 is 11.6 Å². The van der Waals surface area contributed by atoms with Crippen LogP contribution in [0.1, 0.15) is 17.5 Å². The molecular weight excluding hydrogens is 508 g/mol. The molecule has 3 aromatic carbocycles. The second-order valence-electron chi connectivity index (χ2n) is 8.41. The van der Waals surface area contributed by atoms with Crippen molar-refractivity contribution < 1.29 is 28.5 Å². The van der Waals surface area contributed by atoms with Crippen LogP contribution in [-0.4, -0.2) is 38.5 Å². The highest BCUT2D eigenvalue weighted by Crippen LogP contribution is 2.38. The van der Waals surface area contributed by atoms with Gasteiger partial charge in [0.1, 0.15) is 17.2 Å². The van der Waals surface area contributed by atoms with E-state index in [1.807, 2.05) is 32.0 Å². The van der Waals surface area contributed by atoms with Gasteiger partial charge in [-0.25, -0.2) is 4.79 Å². The standard InChI is InChI=1S/C29H29ClN2O6/c1-18-19(2)25(38-26-12-13-31-24-17-28(35-4)27(34-3)16-22(24)26)11-10-23(18)32-29(33)37-15-5-14-36-21-8-6-20(30)7-9-21/h6-13,16-17H,5,14-15H2,1-4H3,(H,32,33). The van der Waals surface area contributed by atoms with Crippen LogP contribution in [0.4, 0.5) is 10.5 Å². The Bertz CT molecular complexity index is 1430. The highest BCUT2D eigenvalue weighted by atomic mass is 35.5. The van der Waals surface area contributed by atoms with Gasteiger partial charge in [0.05, 0.1) is 33.0 Å². The molecule has 0 aliphatic carbocycles. The predicted molar refractivity (Wildman–Crippen MR) is 147 cm³/mol. The molecule has 0 saturated heterocycles. The Morgan fingerprint density at radius 3 is 2.34 bits per heavy atom. The first-order chi connectivity index (χ1) is 18.4. The minimum atomic E-state index is -0.533. The van der Waals surface area contributed by atoms with Crippen LogP contribution in [0.5, 0.6) is 28.7 Å². The fourth-order valence-corrected chi connectivity index (χ4v) is 3.91. The number of ether oxygens (including phenoxy) is 5. The van der Waals surface area contributed by atoms with Gasteiger partial charge in [0, 0.05) is 34.8 Å². The Morgan fingerprint density at radius 1 is 0.868 bits per heavy atom. The van der Waals surface area contributed by atoms with Crippen LogP contribution in [-0.2, 0) is 4.74 Å². The molecule has 0 radical (unpaired) electrons. The van der Waals surface area contributed by atoms with E-state index in [9.17, 15) is 4.79 Å². The summed E-state index contributed by atoms with van der Waals surface area (Å²) in [5.41, 5.74) is 3.10. The Morgan fingerprint density at radius 2 is 1.61 bits per heavy atom. The van der Waals surface area contributed by atoms with E-state index in [1.54, 1.807) is 56.8 Å². The monoisotopic (exact) mass is 536 g/mol. The molecule has 1 amide bonds. The van der Waals surface area contributed by atoms with E-state index in [2.05, 4.69) is 10.3 Å². The molecule has 0 spiro atoms. The summed E-state index contributed by atoms with van der Waals surface area (Å²) in [5, 5.41) is 4.24. The summed E-state index contributed by atoms with van der Waals surface area (Å²) in [5.74, 6) is 3.17. The number of carbonyl (C=O) groups excluding carboxylic acids is 1. The van der Waals surface area contributed by atoms with E-state index < -0.39 is 6.09 Å². The summed E-state index contributed by atoms with van der Waals surface area (Å²) in [4.78, 5) is 16.8. The highest BCUT2D eigenvalue weighted by Gasteiger charge is 2.15. The van der Waals surface area contributed by atoms with Crippen molar-refractivity contribution in [1.29, 1.82) is 0 Å². The van der Waals surface area contributed by atoms with Gasteiger partial charge < -0.3 is 23.7 Å². The summed E-state index contributed by atoms with van der Waals surface area (Å²) >= 11 is 5.87. The highest BCUT2D eigenvalue weighted by molar-refractivity contribution is 6.30. The zero-order chi connectivity index (χ0) is 27.1. The zero-order valence-corrected chi connectivity index (χ0v) is 22.4. The number of nitrogens with one attached hydrogen (secondary N) is 1. The zero-order valence-electron chi connectivity index (χ0n) is 21.7. The second kappa shape index (κ2) is 12.4. The molecule has 0 atom stereocenters. The molecule has 4 rings (SSSR count). The number of halogens is 1. The average Bonchev–Trinajstić information content (AvgIpc) is 2.93. The lowest BCUT2D eigenvalue weighted by Crippen LogP contribution is -2.16. The van der Waals surface area contributed by atoms with Crippen LogP contribution in [0, 0.1) is 13.8 Å². The molecule has 0 fully saturated rings. The normalized spacial score (nSPS) is 10.7. The fraction of sp³-hybridized carbons (Fsp3) is 0.241. The van der Waals surface area contributed by atoms with Crippen molar-refractivity contribution in [3.63, 3.8) is 0 Å². The quantitative estimate of drug-likeness (QED) is 0.212. The maximum Gasteiger partial charge on any atom is 0.411 e. The molecule has 0 saturated carbocycles. The number of aromatic nitrogens is 1. The van der Waals surface area contributed by atoms with Gasteiger partial charge in [0.15, 0.2) is 11.5 Å². The van der Waals surface area contributed by atoms with E-state index in [0.717, 1.165) is 16.5 Å². The number of rotatable bonds is 10. The number of anilines is 1. The first kappa shape index (κ1) is 26.9. The molecule has 0 aliphatic heterocycles. The van der Waals surface area contributed by atoms with E-state index in [1.165, 1.54) is 0 Å². The van der Waals surface area contributed by atoms with Crippen molar-refractivity contribution in [2.75, 3.05) is 32.8 Å². The average molecular weight is 537 g/mol. The molecule has 1 aromatic heterocycles. The van der Waals surface area contributed by atoms with Crippen LogP contribution < -0.4 is 24.3 Å². The number of pyridine rings is 1. The first-order valence-electron chi connectivity index (χ1n) is 12.0. The number of fused-ring (bicyclic) bond motifs is 1. The topological polar surface area (TPSA) is 88.1 Å². The van der Waals surface area contributed by atoms with Gasteiger partial charge in [0.2, 0.25) is 0 Å². The van der Waals surface area contributed by atoms with Gasteiger partial charge in [-0.05, 0) is 73.5 Å². The molecule has 4 aromatic rings. The number of carbonyl (C=O) groups is 1. The summed E-state index contributed by atoms with van der Waals surface area (Å²) in [6.45, 7) is 4.49. The molecule has 1 heterocycles. The number of nitrogens with zero attached hydrogens (tertiary/aromatic N) is 1. The maximum absolute atomic E-state index is 12.3. The number of hydrogen-bond donors (Lipinski definition) is 1. The van der Waals surface area contributed by atoms with Crippen molar-refractivity contribution >= 4 is 34.3 Å². The largest absolute Gasteiger partial charge is 0.493 e. The van der Waals surface area contributed by atoms with Gasteiger partial charge in [-0.3, -0.25) is 10.3 Å². The van der Waals surface area contributed by atoms with E-state index in [4.69, 9.17) is 35.3 Å². The fourth-order valence-electron chi connectivity index (χ4n) is 3.79. The third-order valence-corrected chi connectivity index (χ3v) is 6.26. The first-order valence-corrected chi connectivity index (χ1v) is 12.4. The summed E-state index contributed by atoms with van der Waals surface area (Å²) in [7, 11) is 3.17. The van der Waals surface area contributed by atoms with E-state index in [-0.39, 0.29) is 6.61 Å². The molecule has 8 nitrogen and oxygen atoms in total. The van der Waals surface area contributed by atoms with Crippen LogP contribution in [0.25, 0.3) is 10.9 Å². The number of benzene rings is 3. The lowest BCUT2D eigenvalue weighted by Gasteiger charge is -2.16. The Labute approximate surface area is 226 Å². The molecule has 0 bridgehead atoms. The SMILES string of the molecule is COc1cc2nccc(Oc3ccc(NC(=O)OCCCOc4ccc(Cl)cc4)c(C)c3C)c2cc1OC. The maximum atomic E-state index is 12.3. The lowest BCUT2D eigenvalue weighted by atomic mass is 10.1. The minimum absolute atomic E-state index is 0.224. The summed E-state index contributed by atoms with van der Waals surface area (Å²) in [6, 6.07) is 16.1. The molecular formula is C29H29ClN2O6. The van der Waals surface area contributed by atoms with Crippen molar-refractivity contribution in [1.82, 2.24) is 4.98 Å². The molecule has 0 unspecified atom stereocenters. The van der Waals surface area contributed by atoms with Gasteiger partial charge >= 0.3 is 6.09 Å². The Hall–Kier alpha value is -4.17. The van der Waals surface area contributed by atoms with Crippen molar-refractivity contribution in [2.24, 2.45) is 0 Å². The Balaban J connectivity index is 1.37. The minimum Gasteiger partial charge on any atom is -0.493 e. The third kappa shape index (κ3) is 6.39. The molecule has 1 N–H and O–H groups in total. The lowest BCUT2D eigenvalue weighted by molar-refractivity contribution is 0.152. The molecule has 9 heteroatoms. The van der Waals surface area contributed by atoms with E-state index in [0.29, 0.717) is 58.0 Å². The van der Waals surface area contributed by atoms with Gasteiger partial charge in [0.25, 0.3) is 0 Å². The second-order valence-corrected chi connectivity index (χ2v) is 8.85. The van der Waals surface area contributed by atoms with E-state index >= 15 is 0 Å². The number of amides is 1. The van der Waals surface area contributed by atoms with Crippen molar-refractivity contribution in [3.05, 3.63) is 76.9 Å². The smallest absolute Gasteiger partial charge is 0.411 e. The molecule has 0 aliphatic rings. The number of hydrogen-bond acceptors (Lipinski definition) is 7. The molecule has 38 heavy (non-hydrogen) atoms. The summed E-state index contributed by atoms with van der Waals surface area (Å²) < 4.78 is 28.0. The predicted octanol–water partition coefficient (Wildman–Crippen LogP) is 7.33. The van der Waals surface area contributed by atoms with Crippen LogP contribution in [0.3, 0.4) is 0 Å². The molecule has 198 valence electrons. The number of methoxy groups -OCH3 is 2. The van der Waals surface area contributed by atoms with Crippen LogP contribution in [0.15, 0.2) is 60.8 Å². The van der Waals surface area contributed by atoms with Crippen LogP contribution in [0.2, 0.25) is 5.02 Å².